The summed E-state index contributed by atoms with van der Waals surface area (Å²) in [6, 6.07) is 16.9. The zero-order chi connectivity index (χ0) is 35.0. The Hall–Kier alpha value is -6.03. The van der Waals surface area contributed by atoms with Gasteiger partial charge >= 0.3 is 0 Å². The fourth-order valence-corrected chi connectivity index (χ4v) is 8.69. The highest BCUT2D eigenvalue weighted by molar-refractivity contribution is 7.91. The van der Waals surface area contributed by atoms with Crippen LogP contribution >= 0.6 is 0 Å². The van der Waals surface area contributed by atoms with Crippen molar-refractivity contribution < 1.29 is 38.8 Å². The smallest absolute Gasteiger partial charge is 0.223 e. The number of fused-ring (bicyclic) bond motifs is 7. The molecule has 49 heavy (non-hydrogen) atoms. The number of aromatic nitrogens is 1. The predicted molar refractivity (Wildman–Crippen MR) is 163 cm³/mol. The van der Waals surface area contributed by atoms with E-state index in [1.165, 1.54) is 42.6 Å². The Labute approximate surface area is 274 Å². The Balaban J connectivity index is 1.41. The van der Waals surface area contributed by atoms with E-state index in [9.17, 15) is 49.3 Å². The van der Waals surface area contributed by atoms with E-state index < -0.39 is 58.6 Å². The van der Waals surface area contributed by atoms with Gasteiger partial charge in [0.1, 0.15) is 4.90 Å². The molecule has 0 bridgehead atoms. The van der Waals surface area contributed by atoms with Crippen molar-refractivity contribution in [2.75, 3.05) is 0 Å². The highest BCUT2D eigenvalue weighted by Crippen LogP contribution is 2.52. The van der Waals surface area contributed by atoms with E-state index >= 15 is 0 Å². The number of nitriles is 2. The Morgan fingerprint density at radius 1 is 0.633 bits per heavy atom. The molecule has 15 heteroatoms. The summed E-state index contributed by atoms with van der Waals surface area (Å²) in [5.74, 6) is -12.5. The van der Waals surface area contributed by atoms with Crippen LogP contribution in [0.5, 0.6) is 0 Å². The number of aliphatic imine (C=N–C) groups is 1. The van der Waals surface area contributed by atoms with Crippen LogP contribution in [0.2, 0.25) is 0 Å². The molecule has 240 valence electrons. The summed E-state index contributed by atoms with van der Waals surface area (Å²) in [6.45, 7) is 0. The van der Waals surface area contributed by atoms with Crippen molar-refractivity contribution >= 4 is 31.0 Å². The molecule has 7 rings (SSSR count). The highest BCUT2D eigenvalue weighted by atomic mass is 32.2. The Morgan fingerprint density at radius 3 is 1.78 bits per heavy atom. The molecule has 0 N–H and O–H groups in total. The molecular weight excluding hydrogens is 688 g/mol. The molecule has 0 saturated heterocycles. The van der Waals surface area contributed by atoms with Gasteiger partial charge in [0.15, 0.2) is 28.3 Å². The molecule has 5 aromatic rings. The molecule has 2 aliphatic rings. The van der Waals surface area contributed by atoms with Gasteiger partial charge in [0, 0.05) is 34.5 Å². The first-order valence-corrected chi connectivity index (χ1v) is 16.8. The van der Waals surface area contributed by atoms with Gasteiger partial charge in [-0.1, -0.05) is 30.3 Å². The maximum absolute atomic E-state index is 14.6. The highest BCUT2D eigenvalue weighted by Gasteiger charge is 2.38. The number of sulfone groups is 2. The monoisotopic (exact) mass is 700 g/mol. The summed E-state index contributed by atoms with van der Waals surface area (Å²) in [4.78, 5) is 4.92. The molecule has 1 aromatic heterocycles. The molecule has 0 amide bonds. The maximum Gasteiger partial charge on any atom is 0.223 e. The van der Waals surface area contributed by atoms with Crippen LogP contribution < -0.4 is 0 Å². The minimum Gasteiger partial charge on any atom is -0.244 e. The second-order valence-electron chi connectivity index (χ2n) is 10.6. The van der Waals surface area contributed by atoms with Crippen LogP contribution in [0.15, 0.2) is 104 Å². The zero-order valence-corrected chi connectivity index (χ0v) is 25.8. The Bertz CT molecular complexity index is 2690. The number of halogens is 5. The van der Waals surface area contributed by atoms with Crippen LogP contribution in [0.3, 0.4) is 0 Å². The van der Waals surface area contributed by atoms with Crippen LogP contribution in [0.1, 0.15) is 22.3 Å². The van der Waals surface area contributed by atoms with E-state index in [1.54, 1.807) is 24.4 Å². The fourth-order valence-electron chi connectivity index (χ4n) is 6.06. The van der Waals surface area contributed by atoms with E-state index in [0.717, 1.165) is 18.2 Å². The van der Waals surface area contributed by atoms with Crippen LogP contribution in [0.4, 0.5) is 22.0 Å². The number of hydrogen-bond acceptors (Lipinski definition) is 8. The third-order valence-corrected chi connectivity index (χ3v) is 11.6. The molecular formula is C34H13F5N4O4S2. The van der Waals surface area contributed by atoms with Gasteiger partial charge in [-0.25, -0.2) is 43.8 Å². The SMILES string of the molecule is N#C/C=C1\c2cc(S(=O)(=O)c3c(F)c(F)c(F)c(F)c3F)ccc2-c2ccc3c(c21)/C(=N/C#N)c1cc(S(=O)(=O)c2ccccn2)ccc1-3. The summed E-state index contributed by atoms with van der Waals surface area (Å²) >= 11 is 0. The third-order valence-electron chi connectivity index (χ3n) is 8.16. The quantitative estimate of drug-likeness (QED) is 0.0498. The largest absolute Gasteiger partial charge is 0.244 e. The van der Waals surface area contributed by atoms with Crippen LogP contribution in [0.25, 0.3) is 27.8 Å². The van der Waals surface area contributed by atoms with Gasteiger partial charge in [-0.05, 0) is 64.2 Å². The zero-order valence-electron chi connectivity index (χ0n) is 24.1. The first-order valence-electron chi connectivity index (χ1n) is 13.8. The van der Waals surface area contributed by atoms with Crippen molar-refractivity contribution in [2.45, 2.75) is 19.7 Å². The number of rotatable bonds is 4. The van der Waals surface area contributed by atoms with Crippen LogP contribution in [0, 0.1) is 51.9 Å². The molecule has 0 saturated carbocycles. The normalized spacial score (nSPS) is 14.6. The molecule has 0 spiro atoms. The van der Waals surface area contributed by atoms with Crippen molar-refractivity contribution in [3.05, 3.63) is 130 Å². The van der Waals surface area contributed by atoms with Gasteiger partial charge < -0.3 is 0 Å². The lowest BCUT2D eigenvalue weighted by Crippen LogP contribution is -2.13. The lowest BCUT2D eigenvalue weighted by Gasteiger charge is -2.11. The van der Waals surface area contributed by atoms with Gasteiger partial charge in [-0.15, -0.1) is 0 Å². The average Bonchev–Trinajstić information content (AvgIpc) is 3.58. The van der Waals surface area contributed by atoms with Crippen LogP contribution in [-0.4, -0.2) is 27.5 Å². The molecule has 0 unspecified atom stereocenters. The lowest BCUT2D eigenvalue weighted by atomic mass is 9.93. The Morgan fingerprint density at radius 2 is 1.18 bits per heavy atom. The summed E-state index contributed by atoms with van der Waals surface area (Å²) in [7, 11) is -9.46. The Kier molecular flexibility index (Phi) is 7.10. The van der Waals surface area contributed by atoms with Crippen molar-refractivity contribution in [3.63, 3.8) is 0 Å². The first-order chi connectivity index (χ1) is 23.3. The third kappa shape index (κ3) is 4.43. The number of benzene rings is 4. The molecule has 4 aromatic carbocycles. The van der Waals surface area contributed by atoms with E-state index in [4.69, 9.17) is 0 Å². The molecule has 0 aliphatic heterocycles. The van der Waals surface area contributed by atoms with E-state index in [1.807, 2.05) is 6.07 Å². The summed E-state index contributed by atoms with van der Waals surface area (Å²) < 4.78 is 124. The number of nitrogens with zero attached hydrogens (tertiary/aromatic N) is 4. The van der Waals surface area contributed by atoms with Gasteiger partial charge in [-0.3, -0.25) is 0 Å². The van der Waals surface area contributed by atoms with Crippen molar-refractivity contribution in [1.29, 1.82) is 10.5 Å². The van der Waals surface area contributed by atoms with Crippen LogP contribution in [-0.2, 0) is 19.7 Å². The molecule has 2 aliphatic carbocycles. The summed E-state index contributed by atoms with van der Waals surface area (Å²) in [6.07, 6.45) is 4.10. The van der Waals surface area contributed by atoms with Gasteiger partial charge in [-0.2, -0.15) is 15.5 Å². The molecule has 1 heterocycles. The summed E-state index contributed by atoms with van der Waals surface area (Å²) in [5.41, 5.74) is 2.83. The topological polar surface area (TPSA) is 141 Å². The second-order valence-corrected chi connectivity index (χ2v) is 14.4. The average molecular weight is 701 g/mol. The lowest BCUT2D eigenvalue weighted by molar-refractivity contribution is 0.357. The van der Waals surface area contributed by atoms with Gasteiger partial charge in [0.25, 0.3) is 0 Å². The number of hydrogen-bond donors (Lipinski definition) is 0. The maximum atomic E-state index is 14.6. The van der Waals surface area contributed by atoms with Gasteiger partial charge in [0.05, 0.1) is 21.6 Å². The van der Waals surface area contributed by atoms with Gasteiger partial charge in [0.2, 0.25) is 31.7 Å². The molecule has 8 nitrogen and oxygen atoms in total. The first kappa shape index (κ1) is 31.6. The minimum absolute atomic E-state index is 0.0494. The molecule has 0 atom stereocenters. The van der Waals surface area contributed by atoms with Crippen molar-refractivity contribution in [2.24, 2.45) is 4.99 Å². The standard InChI is InChI=1S/C34H13F5N4O4S2/c35-28-29(36)31(38)34(32(39)30(28)37)49(46,47)17-5-6-18-20-8-9-21-19-7-4-16(48(44,45)25-3-1-2-12-42-25)14-24(19)33(43-15-41)27(21)26(20)22(10-11-40)23(18)13-17/h1-10,12-14H/b22-10+,43-33+. The minimum atomic E-state index is -5.36. The van der Waals surface area contributed by atoms with E-state index in [0.29, 0.717) is 33.4 Å². The predicted octanol–water partition coefficient (Wildman–Crippen LogP) is 6.68. The molecule has 0 radical (unpaired) electrons. The fraction of sp³-hybridized carbons (Fsp3) is 0. The number of allylic oxidation sites excluding steroid dienone is 1. The van der Waals surface area contributed by atoms with Crippen molar-refractivity contribution in [1.82, 2.24) is 4.98 Å². The second kappa shape index (κ2) is 11.0. The van der Waals surface area contributed by atoms with E-state index in [-0.39, 0.29) is 32.3 Å². The molecule has 0 fully saturated rings. The number of pyridine rings is 1. The van der Waals surface area contributed by atoms with E-state index in [2.05, 4.69) is 9.98 Å². The summed E-state index contributed by atoms with van der Waals surface area (Å²) in [5, 5.41) is 19.2. The van der Waals surface area contributed by atoms with Crippen molar-refractivity contribution in [3.8, 4) is 34.5 Å².